The Balaban J connectivity index is 2.41. The second-order valence-electron chi connectivity index (χ2n) is 3.62. The molecule has 2 rings (SSSR count). The minimum absolute atomic E-state index is 0.111. The van der Waals surface area contributed by atoms with E-state index in [1.807, 2.05) is 0 Å². The number of halogens is 3. The van der Waals surface area contributed by atoms with Gasteiger partial charge in [0.15, 0.2) is 0 Å². The number of para-hydroxylation sites is 1. The van der Waals surface area contributed by atoms with E-state index in [0.717, 1.165) is 4.90 Å². The Hall–Kier alpha value is -1.43. The Morgan fingerprint density at radius 3 is 2.71 bits per heavy atom. The highest BCUT2D eigenvalue weighted by Crippen LogP contribution is 2.26. The van der Waals surface area contributed by atoms with E-state index in [-0.39, 0.29) is 11.5 Å². The Bertz CT molecular complexity index is 468. The van der Waals surface area contributed by atoms with E-state index in [2.05, 4.69) is 4.99 Å². The highest BCUT2D eigenvalue weighted by atomic mass is 32.1. The molecule has 2 nitrogen and oxygen atoms in total. The van der Waals surface area contributed by atoms with Gasteiger partial charge in [-0.05, 0) is 6.07 Å². The van der Waals surface area contributed by atoms with Crippen LogP contribution in [0.15, 0.2) is 29.3 Å². The molecular weight excluding hydrogens is 249 g/mol. The molecule has 0 spiro atoms. The van der Waals surface area contributed by atoms with Gasteiger partial charge in [0.2, 0.25) is 0 Å². The molecule has 17 heavy (non-hydrogen) atoms. The largest absolute Gasteiger partial charge is 0.406 e. The predicted octanol–water partition coefficient (Wildman–Crippen LogP) is 2.82. The standard InChI is InChI=1S/C11H9F3N2S/c12-11(13,14)7-16-9-4-2-1-3-8(9)5-15-6-10(16)17/h1-5H,6-7H2. The van der Waals surface area contributed by atoms with Crippen LogP contribution < -0.4 is 4.90 Å². The summed E-state index contributed by atoms with van der Waals surface area (Å²) in [6.07, 6.45) is -2.74. The molecule has 0 amide bonds. The predicted molar refractivity (Wildman–Crippen MR) is 64.9 cm³/mol. The van der Waals surface area contributed by atoms with Crippen LogP contribution in [0, 0.1) is 0 Å². The molecule has 0 aromatic heterocycles. The number of thiocarbonyl (C=S) groups is 1. The molecule has 90 valence electrons. The van der Waals surface area contributed by atoms with E-state index in [1.54, 1.807) is 30.5 Å². The monoisotopic (exact) mass is 258 g/mol. The highest BCUT2D eigenvalue weighted by Gasteiger charge is 2.33. The third kappa shape index (κ3) is 2.82. The van der Waals surface area contributed by atoms with Crippen molar-refractivity contribution in [1.29, 1.82) is 0 Å². The van der Waals surface area contributed by atoms with Crippen LogP contribution in [0.5, 0.6) is 0 Å². The molecule has 1 aliphatic heterocycles. The van der Waals surface area contributed by atoms with Gasteiger partial charge in [0.1, 0.15) is 11.5 Å². The van der Waals surface area contributed by atoms with Gasteiger partial charge in [0.05, 0.1) is 12.2 Å². The van der Waals surface area contributed by atoms with E-state index < -0.39 is 12.7 Å². The van der Waals surface area contributed by atoms with Crippen LogP contribution >= 0.6 is 12.2 Å². The number of rotatable bonds is 1. The van der Waals surface area contributed by atoms with E-state index in [1.165, 1.54) is 0 Å². The first-order valence-corrected chi connectivity index (χ1v) is 5.34. The molecule has 0 fully saturated rings. The fraction of sp³-hybridized carbons (Fsp3) is 0.273. The van der Waals surface area contributed by atoms with Gasteiger partial charge < -0.3 is 4.90 Å². The number of aliphatic imine (C=N–C) groups is 1. The summed E-state index contributed by atoms with van der Waals surface area (Å²) in [7, 11) is 0. The lowest BCUT2D eigenvalue weighted by molar-refractivity contribution is -0.117. The second kappa shape index (κ2) is 4.44. The molecule has 0 saturated carbocycles. The van der Waals surface area contributed by atoms with Crippen LogP contribution in [-0.2, 0) is 0 Å². The number of alkyl halides is 3. The molecule has 0 saturated heterocycles. The molecule has 6 heteroatoms. The van der Waals surface area contributed by atoms with Gasteiger partial charge in [0, 0.05) is 11.8 Å². The number of hydrogen-bond donors (Lipinski definition) is 0. The zero-order valence-electron chi connectivity index (χ0n) is 8.74. The number of anilines is 1. The maximum absolute atomic E-state index is 12.5. The van der Waals surface area contributed by atoms with Gasteiger partial charge >= 0.3 is 6.18 Å². The normalized spacial score (nSPS) is 15.7. The molecule has 0 atom stereocenters. The van der Waals surface area contributed by atoms with Crippen LogP contribution in [0.1, 0.15) is 5.56 Å². The molecule has 0 unspecified atom stereocenters. The van der Waals surface area contributed by atoms with Crippen LogP contribution in [0.3, 0.4) is 0 Å². The number of hydrogen-bond acceptors (Lipinski definition) is 2. The lowest BCUT2D eigenvalue weighted by atomic mass is 10.2. The third-order valence-electron chi connectivity index (χ3n) is 2.32. The van der Waals surface area contributed by atoms with Gasteiger partial charge in [-0.25, -0.2) is 0 Å². The molecule has 1 aliphatic rings. The summed E-state index contributed by atoms with van der Waals surface area (Å²) in [4.78, 5) is 5.28. The molecule has 0 radical (unpaired) electrons. The van der Waals surface area contributed by atoms with Crippen molar-refractivity contribution < 1.29 is 13.2 Å². The van der Waals surface area contributed by atoms with Crippen molar-refractivity contribution in [3.05, 3.63) is 29.8 Å². The minimum atomic E-state index is -4.29. The maximum Gasteiger partial charge on any atom is 0.406 e. The zero-order chi connectivity index (χ0) is 12.5. The zero-order valence-corrected chi connectivity index (χ0v) is 9.55. The lowest BCUT2D eigenvalue weighted by Gasteiger charge is -2.25. The highest BCUT2D eigenvalue weighted by molar-refractivity contribution is 7.80. The molecule has 1 aromatic rings. The Morgan fingerprint density at radius 2 is 2.00 bits per heavy atom. The SMILES string of the molecule is FC(F)(F)CN1C(=S)CN=Cc2ccccc21. The smallest absolute Gasteiger partial charge is 0.325 e. The fourth-order valence-corrected chi connectivity index (χ4v) is 1.87. The molecular formula is C11H9F3N2S. The van der Waals surface area contributed by atoms with Gasteiger partial charge in [-0.1, -0.05) is 30.4 Å². The van der Waals surface area contributed by atoms with E-state index in [0.29, 0.717) is 11.3 Å². The first-order valence-electron chi connectivity index (χ1n) is 4.93. The molecule has 1 heterocycles. The summed E-state index contributed by atoms with van der Waals surface area (Å²) in [6, 6.07) is 6.77. The van der Waals surface area contributed by atoms with Gasteiger partial charge in [0.25, 0.3) is 0 Å². The minimum Gasteiger partial charge on any atom is -0.325 e. The van der Waals surface area contributed by atoms with E-state index in [4.69, 9.17) is 12.2 Å². The van der Waals surface area contributed by atoms with Crippen molar-refractivity contribution in [2.24, 2.45) is 4.99 Å². The number of fused-ring (bicyclic) bond motifs is 1. The van der Waals surface area contributed by atoms with Gasteiger partial charge in [-0.15, -0.1) is 0 Å². The van der Waals surface area contributed by atoms with Crippen molar-refractivity contribution in [1.82, 2.24) is 0 Å². The Kier molecular flexibility index (Phi) is 3.15. The third-order valence-corrected chi connectivity index (χ3v) is 2.67. The average molecular weight is 258 g/mol. The summed E-state index contributed by atoms with van der Waals surface area (Å²) in [5, 5.41) is 0. The first-order chi connectivity index (χ1) is 7.97. The maximum atomic E-state index is 12.5. The number of nitrogens with zero attached hydrogens (tertiary/aromatic N) is 2. The quantitative estimate of drug-likeness (QED) is 0.720. The summed E-state index contributed by atoms with van der Waals surface area (Å²) in [5.74, 6) is 0. The van der Waals surface area contributed by atoms with Crippen LogP contribution in [0.2, 0.25) is 0 Å². The Labute approximate surface area is 102 Å². The van der Waals surface area contributed by atoms with Crippen molar-refractivity contribution in [3.63, 3.8) is 0 Å². The molecule has 0 bridgehead atoms. The van der Waals surface area contributed by atoms with Crippen LogP contribution in [0.25, 0.3) is 0 Å². The van der Waals surface area contributed by atoms with Gasteiger partial charge in [-0.2, -0.15) is 13.2 Å². The number of benzene rings is 1. The summed E-state index contributed by atoms with van der Waals surface area (Å²) in [5.41, 5.74) is 1.10. The van der Waals surface area contributed by atoms with Crippen molar-refractivity contribution in [3.8, 4) is 0 Å². The lowest BCUT2D eigenvalue weighted by Crippen LogP contribution is -2.39. The second-order valence-corrected chi connectivity index (χ2v) is 4.09. The van der Waals surface area contributed by atoms with Crippen LogP contribution in [0.4, 0.5) is 18.9 Å². The summed E-state index contributed by atoms with van der Waals surface area (Å²) >= 11 is 4.97. The Morgan fingerprint density at radius 1 is 1.29 bits per heavy atom. The summed E-state index contributed by atoms with van der Waals surface area (Å²) < 4.78 is 37.5. The first kappa shape index (κ1) is 12.0. The number of benzodiazepines with no additional fused rings is 1. The van der Waals surface area contributed by atoms with Crippen molar-refractivity contribution >= 4 is 29.1 Å². The summed E-state index contributed by atoms with van der Waals surface area (Å²) in [6.45, 7) is -0.966. The van der Waals surface area contributed by atoms with Crippen LogP contribution in [-0.4, -0.2) is 30.5 Å². The van der Waals surface area contributed by atoms with E-state index >= 15 is 0 Å². The van der Waals surface area contributed by atoms with Gasteiger partial charge in [-0.3, -0.25) is 4.99 Å². The topological polar surface area (TPSA) is 15.6 Å². The van der Waals surface area contributed by atoms with Crippen molar-refractivity contribution in [2.45, 2.75) is 6.18 Å². The average Bonchev–Trinajstić information content (AvgIpc) is 2.38. The molecule has 1 aromatic carbocycles. The fourth-order valence-electron chi connectivity index (χ4n) is 1.64. The molecule has 0 aliphatic carbocycles. The molecule has 0 N–H and O–H groups in total. The van der Waals surface area contributed by atoms with E-state index in [9.17, 15) is 13.2 Å². The van der Waals surface area contributed by atoms with Crippen molar-refractivity contribution in [2.75, 3.05) is 18.0 Å².